The molecule has 15 heavy (non-hydrogen) atoms. The number of halogens is 1. The first-order chi connectivity index (χ1) is 7.31. The summed E-state index contributed by atoms with van der Waals surface area (Å²) < 4.78 is 0. The fourth-order valence-corrected chi connectivity index (χ4v) is 1.63. The number of nitrogens with zero attached hydrogens (tertiary/aromatic N) is 2. The minimum absolute atomic E-state index is 0.458. The molecule has 2 heterocycles. The molecule has 0 amide bonds. The zero-order valence-corrected chi connectivity index (χ0v) is 9.20. The third-order valence-electron chi connectivity index (χ3n) is 2.17. The minimum Gasteiger partial charge on any atom is -0.255 e. The van der Waals surface area contributed by atoms with Gasteiger partial charge in [-0.15, -0.1) is 11.6 Å². The van der Waals surface area contributed by atoms with Gasteiger partial charge in [0.15, 0.2) is 0 Å². The lowest BCUT2D eigenvalue weighted by molar-refractivity contribution is 1.14. The van der Waals surface area contributed by atoms with Crippen LogP contribution in [0.2, 0.25) is 0 Å². The standard InChI is InChI=1S/C12H11ClN2/c1-9-5-6-10(8-13)12(15-9)11-4-2-3-7-14-11/h2-7H,8H2,1H3. The highest BCUT2D eigenvalue weighted by molar-refractivity contribution is 6.17. The molecule has 0 saturated carbocycles. The summed E-state index contributed by atoms with van der Waals surface area (Å²) in [7, 11) is 0. The fraction of sp³-hybridized carbons (Fsp3) is 0.167. The second kappa shape index (κ2) is 4.41. The van der Waals surface area contributed by atoms with Gasteiger partial charge in [-0.2, -0.15) is 0 Å². The molecule has 0 fully saturated rings. The van der Waals surface area contributed by atoms with Gasteiger partial charge in [-0.05, 0) is 30.7 Å². The number of alkyl halides is 1. The first-order valence-corrected chi connectivity index (χ1v) is 5.28. The molecule has 76 valence electrons. The second-order valence-corrected chi connectivity index (χ2v) is 3.58. The molecule has 0 spiro atoms. The number of aromatic nitrogens is 2. The van der Waals surface area contributed by atoms with E-state index in [4.69, 9.17) is 11.6 Å². The Morgan fingerprint density at radius 1 is 1.20 bits per heavy atom. The van der Waals surface area contributed by atoms with E-state index in [1.54, 1.807) is 6.20 Å². The maximum atomic E-state index is 5.87. The van der Waals surface area contributed by atoms with Gasteiger partial charge in [0, 0.05) is 17.8 Å². The third-order valence-corrected chi connectivity index (χ3v) is 2.46. The summed E-state index contributed by atoms with van der Waals surface area (Å²) in [6.07, 6.45) is 1.76. The molecule has 0 aliphatic carbocycles. The predicted molar refractivity (Wildman–Crippen MR) is 61.8 cm³/mol. The van der Waals surface area contributed by atoms with Crippen LogP contribution in [0.5, 0.6) is 0 Å². The molecule has 0 aliphatic rings. The van der Waals surface area contributed by atoms with E-state index in [0.29, 0.717) is 5.88 Å². The zero-order chi connectivity index (χ0) is 10.7. The van der Waals surface area contributed by atoms with Gasteiger partial charge >= 0.3 is 0 Å². The molecule has 2 aromatic heterocycles. The number of rotatable bonds is 2. The Morgan fingerprint density at radius 2 is 2.07 bits per heavy atom. The van der Waals surface area contributed by atoms with Crippen LogP contribution in [-0.4, -0.2) is 9.97 Å². The molecular formula is C12H11ClN2. The molecule has 0 aliphatic heterocycles. The molecule has 0 radical (unpaired) electrons. The fourth-order valence-electron chi connectivity index (χ4n) is 1.42. The van der Waals surface area contributed by atoms with E-state index in [1.165, 1.54) is 0 Å². The van der Waals surface area contributed by atoms with Crippen molar-refractivity contribution in [3.8, 4) is 11.4 Å². The van der Waals surface area contributed by atoms with Gasteiger partial charge in [0.2, 0.25) is 0 Å². The monoisotopic (exact) mass is 218 g/mol. The molecule has 0 atom stereocenters. The summed E-state index contributed by atoms with van der Waals surface area (Å²) in [5.74, 6) is 0.458. The molecule has 2 nitrogen and oxygen atoms in total. The zero-order valence-electron chi connectivity index (χ0n) is 8.44. The summed E-state index contributed by atoms with van der Waals surface area (Å²) in [5, 5.41) is 0. The maximum Gasteiger partial charge on any atom is 0.0933 e. The van der Waals surface area contributed by atoms with E-state index in [1.807, 2.05) is 37.3 Å². The van der Waals surface area contributed by atoms with Crippen molar-refractivity contribution >= 4 is 11.6 Å². The molecule has 2 rings (SSSR count). The topological polar surface area (TPSA) is 25.8 Å². The molecule has 0 unspecified atom stereocenters. The number of hydrogen-bond donors (Lipinski definition) is 0. The Bertz CT molecular complexity index is 454. The van der Waals surface area contributed by atoms with Crippen molar-refractivity contribution in [3.05, 3.63) is 47.8 Å². The Morgan fingerprint density at radius 3 is 2.73 bits per heavy atom. The molecule has 0 saturated heterocycles. The van der Waals surface area contributed by atoms with E-state index in [0.717, 1.165) is 22.6 Å². The van der Waals surface area contributed by atoms with Crippen LogP contribution in [-0.2, 0) is 5.88 Å². The average molecular weight is 219 g/mol. The maximum absolute atomic E-state index is 5.87. The van der Waals surface area contributed by atoms with E-state index in [2.05, 4.69) is 9.97 Å². The van der Waals surface area contributed by atoms with Crippen LogP contribution in [0.1, 0.15) is 11.3 Å². The van der Waals surface area contributed by atoms with Gasteiger partial charge in [-0.25, -0.2) is 0 Å². The van der Waals surface area contributed by atoms with Crippen molar-refractivity contribution < 1.29 is 0 Å². The van der Waals surface area contributed by atoms with E-state index < -0.39 is 0 Å². The molecule has 0 N–H and O–H groups in total. The smallest absolute Gasteiger partial charge is 0.0933 e. The van der Waals surface area contributed by atoms with Crippen molar-refractivity contribution in [1.82, 2.24) is 9.97 Å². The Labute approximate surface area is 94.0 Å². The van der Waals surface area contributed by atoms with Crippen molar-refractivity contribution in [1.29, 1.82) is 0 Å². The van der Waals surface area contributed by atoms with Gasteiger partial charge < -0.3 is 0 Å². The lowest BCUT2D eigenvalue weighted by atomic mass is 10.1. The average Bonchev–Trinajstić information content (AvgIpc) is 2.30. The number of aryl methyl sites for hydroxylation is 1. The van der Waals surface area contributed by atoms with Gasteiger partial charge in [0.25, 0.3) is 0 Å². The van der Waals surface area contributed by atoms with E-state index >= 15 is 0 Å². The first-order valence-electron chi connectivity index (χ1n) is 4.75. The first kappa shape index (κ1) is 10.1. The van der Waals surface area contributed by atoms with Gasteiger partial charge in [0.05, 0.1) is 11.4 Å². The molecular weight excluding hydrogens is 208 g/mol. The van der Waals surface area contributed by atoms with Crippen LogP contribution in [0.3, 0.4) is 0 Å². The van der Waals surface area contributed by atoms with Gasteiger partial charge in [0.1, 0.15) is 0 Å². The predicted octanol–water partition coefficient (Wildman–Crippen LogP) is 3.19. The Balaban J connectivity index is 2.56. The Kier molecular flexibility index (Phi) is 2.97. The highest BCUT2D eigenvalue weighted by atomic mass is 35.5. The van der Waals surface area contributed by atoms with Crippen LogP contribution in [0, 0.1) is 6.92 Å². The second-order valence-electron chi connectivity index (χ2n) is 3.31. The largest absolute Gasteiger partial charge is 0.255 e. The van der Waals surface area contributed by atoms with Crippen LogP contribution in [0.4, 0.5) is 0 Å². The molecule has 2 aromatic rings. The molecule has 0 bridgehead atoms. The molecule has 0 aromatic carbocycles. The van der Waals surface area contributed by atoms with E-state index in [-0.39, 0.29) is 0 Å². The minimum atomic E-state index is 0.458. The lowest BCUT2D eigenvalue weighted by Gasteiger charge is -2.06. The van der Waals surface area contributed by atoms with Crippen molar-refractivity contribution in [2.24, 2.45) is 0 Å². The third kappa shape index (κ3) is 2.16. The normalized spacial score (nSPS) is 10.3. The molecule has 3 heteroatoms. The summed E-state index contributed by atoms with van der Waals surface area (Å²) >= 11 is 5.87. The van der Waals surface area contributed by atoms with Gasteiger partial charge in [-0.3, -0.25) is 9.97 Å². The summed E-state index contributed by atoms with van der Waals surface area (Å²) in [6.45, 7) is 1.96. The van der Waals surface area contributed by atoms with Crippen LogP contribution >= 0.6 is 11.6 Å². The Hall–Kier alpha value is -1.41. The van der Waals surface area contributed by atoms with Crippen LogP contribution in [0.25, 0.3) is 11.4 Å². The van der Waals surface area contributed by atoms with Crippen LogP contribution < -0.4 is 0 Å². The van der Waals surface area contributed by atoms with E-state index in [9.17, 15) is 0 Å². The summed E-state index contributed by atoms with van der Waals surface area (Å²) in [5.41, 5.74) is 3.74. The highest BCUT2D eigenvalue weighted by Crippen LogP contribution is 2.20. The van der Waals surface area contributed by atoms with Crippen molar-refractivity contribution in [2.45, 2.75) is 12.8 Å². The van der Waals surface area contributed by atoms with Gasteiger partial charge in [-0.1, -0.05) is 12.1 Å². The highest BCUT2D eigenvalue weighted by Gasteiger charge is 2.06. The quantitative estimate of drug-likeness (QED) is 0.724. The van der Waals surface area contributed by atoms with Crippen LogP contribution in [0.15, 0.2) is 36.5 Å². The SMILES string of the molecule is Cc1ccc(CCl)c(-c2ccccn2)n1. The van der Waals surface area contributed by atoms with Crippen molar-refractivity contribution in [2.75, 3.05) is 0 Å². The summed E-state index contributed by atoms with van der Waals surface area (Å²) in [4.78, 5) is 8.74. The number of pyridine rings is 2. The lowest BCUT2D eigenvalue weighted by Crippen LogP contribution is -1.94. The van der Waals surface area contributed by atoms with Crippen molar-refractivity contribution in [3.63, 3.8) is 0 Å². The summed E-state index contributed by atoms with van der Waals surface area (Å²) in [6, 6.07) is 9.74. The number of hydrogen-bond acceptors (Lipinski definition) is 2.